The molecular weight excluding hydrogens is 156 g/mol. The molecule has 1 atom stereocenters. The number of rotatable bonds is 8. The average molecular weight is 183 g/mol. The first-order valence-corrected chi connectivity index (χ1v) is 5.96. The molecule has 1 radical (unpaired) electrons. The Morgan fingerprint density at radius 2 is 1.54 bits per heavy atom. The van der Waals surface area contributed by atoms with Gasteiger partial charge in [-0.05, 0) is 11.8 Å². The van der Waals surface area contributed by atoms with Crippen molar-refractivity contribution >= 4 is 0 Å². The van der Waals surface area contributed by atoms with Gasteiger partial charge in [0.15, 0.2) is 0 Å². The Hall–Kier alpha value is 0. The SMILES string of the molecule is [CH2]CCCCCC(C)CCC(C)C. The molecule has 0 N–H and O–H groups in total. The lowest BCUT2D eigenvalue weighted by Gasteiger charge is -2.12. The van der Waals surface area contributed by atoms with Crippen LogP contribution in [0.4, 0.5) is 0 Å². The van der Waals surface area contributed by atoms with Crippen molar-refractivity contribution in [1.29, 1.82) is 0 Å². The highest BCUT2D eigenvalue weighted by Gasteiger charge is 2.03. The molecule has 0 bridgehead atoms. The van der Waals surface area contributed by atoms with E-state index in [-0.39, 0.29) is 0 Å². The molecule has 0 aromatic heterocycles. The molecular formula is C13H27. The van der Waals surface area contributed by atoms with Crippen LogP contribution in [0.3, 0.4) is 0 Å². The summed E-state index contributed by atoms with van der Waals surface area (Å²) >= 11 is 0. The van der Waals surface area contributed by atoms with E-state index in [1.165, 1.54) is 38.5 Å². The lowest BCUT2D eigenvalue weighted by atomic mass is 9.94. The Morgan fingerprint density at radius 1 is 0.846 bits per heavy atom. The number of hydrogen-bond acceptors (Lipinski definition) is 0. The van der Waals surface area contributed by atoms with E-state index in [1.54, 1.807) is 0 Å². The van der Waals surface area contributed by atoms with Crippen molar-refractivity contribution in [2.45, 2.75) is 65.7 Å². The fourth-order valence-electron chi connectivity index (χ4n) is 1.61. The van der Waals surface area contributed by atoms with Crippen molar-refractivity contribution in [1.82, 2.24) is 0 Å². The van der Waals surface area contributed by atoms with Crippen LogP contribution in [0.5, 0.6) is 0 Å². The highest BCUT2D eigenvalue weighted by atomic mass is 14.1. The van der Waals surface area contributed by atoms with Gasteiger partial charge in [0.2, 0.25) is 0 Å². The summed E-state index contributed by atoms with van der Waals surface area (Å²) in [6, 6.07) is 0. The van der Waals surface area contributed by atoms with Crippen LogP contribution < -0.4 is 0 Å². The summed E-state index contributed by atoms with van der Waals surface area (Å²) in [5.74, 6) is 1.81. The van der Waals surface area contributed by atoms with Gasteiger partial charge in [-0.3, -0.25) is 0 Å². The summed E-state index contributed by atoms with van der Waals surface area (Å²) in [5, 5.41) is 0. The summed E-state index contributed by atoms with van der Waals surface area (Å²) in [7, 11) is 0. The predicted molar refractivity (Wildman–Crippen MR) is 61.7 cm³/mol. The smallest absolute Gasteiger partial charge is 0.0443 e. The number of hydrogen-bond donors (Lipinski definition) is 0. The van der Waals surface area contributed by atoms with Gasteiger partial charge in [-0.1, -0.05) is 72.6 Å². The monoisotopic (exact) mass is 183 g/mol. The normalized spacial score (nSPS) is 13.6. The quantitative estimate of drug-likeness (QED) is 0.472. The van der Waals surface area contributed by atoms with Crippen LogP contribution >= 0.6 is 0 Å². The molecule has 0 aromatic rings. The summed E-state index contributed by atoms with van der Waals surface area (Å²) in [6.45, 7) is 10.9. The molecule has 0 nitrogen and oxygen atoms in total. The molecule has 0 heteroatoms. The van der Waals surface area contributed by atoms with Crippen molar-refractivity contribution in [3.05, 3.63) is 6.92 Å². The van der Waals surface area contributed by atoms with Gasteiger partial charge in [0.05, 0.1) is 0 Å². The van der Waals surface area contributed by atoms with Crippen LogP contribution in [0.15, 0.2) is 0 Å². The van der Waals surface area contributed by atoms with Crippen molar-refractivity contribution in [2.75, 3.05) is 0 Å². The van der Waals surface area contributed by atoms with Crippen LogP contribution in [0.2, 0.25) is 0 Å². The maximum Gasteiger partial charge on any atom is -0.0443 e. The summed E-state index contributed by atoms with van der Waals surface area (Å²) in [5.41, 5.74) is 0. The topological polar surface area (TPSA) is 0 Å². The van der Waals surface area contributed by atoms with Gasteiger partial charge in [0, 0.05) is 0 Å². The Morgan fingerprint density at radius 3 is 2.08 bits per heavy atom. The largest absolute Gasteiger partial charge is 0.0628 e. The molecule has 0 spiro atoms. The summed E-state index contributed by atoms with van der Waals surface area (Å²) < 4.78 is 0. The average Bonchev–Trinajstić information content (AvgIpc) is 2.09. The van der Waals surface area contributed by atoms with Gasteiger partial charge in [-0.15, -0.1) is 0 Å². The Bertz CT molecular complexity index is 94.2. The molecule has 0 fully saturated rings. The lowest BCUT2D eigenvalue weighted by Crippen LogP contribution is -1.97. The van der Waals surface area contributed by atoms with E-state index in [0.717, 1.165) is 18.3 Å². The fourth-order valence-corrected chi connectivity index (χ4v) is 1.61. The van der Waals surface area contributed by atoms with Crippen molar-refractivity contribution in [2.24, 2.45) is 11.8 Å². The van der Waals surface area contributed by atoms with Crippen LogP contribution in [0, 0.1) is 18.8 Å². The molecule has 0 aliphatic heterocycles. The predicted octanol–water partition coefficient (Wildman–Crippen LogP) is 4.84. The third-order valence-corrected chi connectivity index (χ3v) is 2.68. The van der Waals surface area contributed by atoms with Crippen molar-refractivity contribution in [3.63, 3.8) is 0 Å². The second-order valence-electron chi connectivity index (χ2n) is 4.78. The minimum absolute atomic E-state index is 0.877. The Labute approximate surface area is 85.1 Å². The van der Waals surface area contributed by atoms with Crippen LogP contribution in [0.1, 0.15) is 65.7 Å². The zero-order chi connectivity index (χ0) is 10.1. The lowest BCUT2D eigenvalue weighted by molar-refractivity contribution is 0.412. The van der Waals surface area contributed by atoms with Crippen molar-refractivity contribution < 1.29 is 0 Å². The van der Waals surface area contributed by atoms with Crippen molar-refractivity contribution in [3.8, 4) is 0 Å². The zero-order valence-corrected chi connectivity index (χ0v) is 9.81. The van der Waals surface area contributed by atoms with Gasteiger partial charge in [-0.25, -0.2) is 0 Å². The standard InChI is InChI=1S/C13H27/c1-5-6-7-8-9-13(4)11-10-12(2)3/h12-13H,1,5-11H2,2-4H3. The van der Waals surface area contributed by atoms with Gasteiger partial charge in [-0.2, -0.15) is 0 Å². The Kier molecular flexibility index (Phi) is 8.59. The molecule has 0 aliphatic carbocycles. The first-order valence-electron chi connectivity index (χ1n) is 5.96. The van der Waals surface area contributed by atoms with E-state index >= 15 is 0 Å². The van der Waals surface area contributed by atoms with E-state index < -0.39 is 0 Å². The zero-order valence-electron chi connectivity index (χ0n) is 9.81. The van der Waals surface area contributed by atoms with E-state index in [0.29, 0.717) is 0 Å². The molecule has 1 unspecified atom stereocenters. The molecule has 0 amide bonds. The molecule has 13 heavy (non-hydrogen) atoms. The fraction of sp³-hybridized carbons (Fsp3) is 0.923. The first kappa shape index (κ1) is 13.0. The highest BCUT2D eigenvalue weighted by molar-refractivity contribution is 4.56. The van der Waals surface area contributed by atoms with E-state index in [4.69, 9.17) is 0 Å². The second-order valence-corrected chi connectivity index (χ2v) is 4.78. The van der Waals surface area contributed by atoms with Crippen LogP contribution in [-0.2, 0) is 0 Å². The third-order valence-electron chi connectivity index (χ3n) is 2.68. The maximum atomic E-state index is 3.86. The van der Waals surface area contributed by atoms with E-state index in [9.17, 15) is 0 Å². The summed E-state index contributed by atoms with van der Waals surface area (Å²) in [4.78, 5) is 0. The van der Waals surface area contributed by atoms with Crippen LogP contribution in [-0.4, -0.2) is 0 Å². The van der Waals surface area contributed by atoms with Gasteiger partial charge in [0.1, 0.15) is 0 Å². The Balaban J connectivity index is 3.15. The molecule has 0 aromatic carbocycles. The number of unbranched alkanes of at least 4 members (excludes halogenated alkanes) is 3. The van der Waals surface area contributed by atoms with Gasteiger partial charge in [0.25, 0.3) is 0 Å². The first-order chi connectivity index (χ1) is 6.16. The second kappa shape index (κ2) is 8.59. The minimum atomic E-state index is 0.877. The molecule has 0 heterocycles. The molecule has 0 rings (SSSR count). The summed E-state index contributed by atoms with van der Waals surface area (Å²) in [6.07, 6.45) is 9.47. The third kappa shape index (κ3) is 9.92. The van der Waals surface area contributed by atoms with E-state index in [1.807, 2.05) is 0 Å². The van der Waals surface area contributed by atoms with Gasteiger partial charge < -0.3 is 0 Å². The molecule has 0 saturated heterocycles. The van der Waals surface area contributed by atoms with Gasteiger partial charge >= 0.3 is 0 Å². The minimum Gasteiger partial charge on any atom is -0.0628 e. The molecule has 79 valence electrons. The molecule has 0 aliphatic rings. The highest BCUT2D eigenvalue weighted by Crippen LogP contribution is 2.17. The van der Waals surface area contributed by atoms with Crippen LogP contribution in [0.25, 0.3) is 0 Å². The van der Waals surface area contributed by atoms with E-state index in [2.05, 4.69) is 27.7 Å². The molecule has 0 saturated carbocycles. The maximum absolute atomic E-state index is 3.86.